The normalized spacial score (nSPS) is 11.5. The van der Waals surface area contributed by atoms with Crippen LogP contribution in [0.4, 0.5) is 0 Å². The molecule has 0 spiro atoms. The summed E-state index contributed by atoms with van der Waals surface area (Å²) in [5.41, 5.74) is 1.21. The lowest BCUT2D eigenvalue weighted by Gasteiger charge is -2.16. The molecule has 1 heterocycles. The third-order valence-corrected chi connectivity index (χ3v) is 3.46. The number of carbonyl (C=O) groups is 2. The molecule has 118 valence electrons. The predicted octanol–water partition coefficient (Wildman–Crippen LogP) is 2.31. The van der Waals surface area contributed by atoms with E-state index in [1.165, 1.54) is 13.3 Å². The Morgan fingerprint density at radius 3 is 2.91 bits per heavy atom. The highest BCUT2D eigenvalue weighted by Gasteiger charge is 2.21. The molecule has 5 heteroatoms. The number of methoxy groups -OCH3 is 1. The molecule has 1 N–H and O–H groups in total. The van der Waals surface area contributed by atoms with Crippen LogP contribution in [0.3, 0.4) is 0 Å². The molecule has 2 rings (SSSR count). The summed E-state index contributed by atoms with van der Waals surface area (Å²) in [6.45, 7) is 0. The zero-order chi connectivity index (χ0) is 16.7. The van der Waals surface area contributed by atoms with Gasteiger partial charge in [0, 0.05) is 18.0 Å². The number of aromatic nitrogens is 1. The van der Waals surface area contributed by atoms with Crippen LogP contribution in [0.15, 0.2) is 36.5 Å². The number of pyridine rings is 1. The Morgan fingerprint density at radius 1 is 1.39 bits per heavy atom. The number of fused-ring (bicyclic) bond motifs is 1. The van der Waals surface area contributed by atoms with Gasteiger partial charge in [0.1, 0.15) is 6.04 Å². The van der Waals surface area contributed by atoms with E-state index >= 15 is 0 Å². The van der Waals surface area contributed by atoms with Crippen molar-refractivity contribution in [2.24, 2.45) is 0 Å². The van der Waals surface area contributed by atoms with Crippen LogP contribution in [0.2, 0.25) is 0 Å². The monoisotopic (exact) mass is 310 g/mol. The van der Waals surface area contributed by atoms with Gasteiger partial charge in [0.05, 0.1) is 18.2 Å². The Balaban J connectivity index is 2.12. The van der Waals surface area contributed by atoms with E-state index in [4.69, 9.17) is 11.2 Å². The molecule has 0 aliphatic carbocycles. The number of hydrogen-bond donors (Lipinski definition) is 1. The average molecular weight is 310 g/mol. The maximum absolute atomic E-state index is 12.4. The number of nitrogens with one attached hydrogen (secondary N) is 1. The number of unbranched alkanes of at least 4 members (excludes halogenated alkanes) is 1. The van der Waals surface area contributed by atoms with E-state index in [1.807, 2.05) is 24.3 Å². The average Bonchev–Trinajstić information content (AvgIpc) is 2.59. The Kier molecular flexibility index (Phi) is 5.70. The van der Waals surface area contributed by atoms with Gasteiger partial charge < -0.3 is 10.1 Å². The second-order valence-corrected chi connectivity index (χ2v) is 5.06. The number of terminal acetylenes is 1. The summed E-state index contributed by atoms with van der Waals surface area (Å²) in [4.78, 5) is 28.4. The van der Waals surface area contributed by atoms with Crippen molar-refractivity contribution in [2.45, 2.75) is 25.3 Å². The number of carbonyl (C=O) groups excluding carboxylic acids is 2. The lowest BCUT2D eigenvalue weighted by molar-refractivity contribution is -0.143. The fourth-order valence-electron chi connectivity index (χ4n) is 2.24. The van der Waals surface area contributed by atoms with Crippen molar-refractivity contribution in [1.29, 1.82) is 0 Å². The van der Waals surface area contributed by atoms with E-state index in [0.29, 0.717) is 24.8 Å². The van der Waals surface area contributed by atoms with Crippen LogP contribution in [-0.2, 0) is 9.53 Å². The largest absolute Gasteiger partial charge is 0.467 e. The molecule has 2 aromatic rings. The Labute approximate surface area is 135 Å². The van der Waals surface area contributed by atoms with Crippen molar-refractivity contribution in [3.05, 3.63) is 42.1 Å². The van der Waals surface area contributed by atoms with Crippen molar-refractivity contribution in [3.8, 4) is 12.3 Å². The van der Waals surface area contributed by atoms with Gasteiger partial charge in [-0.05, 0) is 25.0 Å². The number of hydrogen-bond acceptors (Lipinski definition) is 4. The number of nitrogens with zero attached hydrogens (tertiary/aromatic N) is 1. The lowest BCUT2D eigenvalue weighted by atomic mass is 10.1. The van der Waals surface area contributed by atoms with Crippen molar-refractivity contribution >= 4 is 22.8 Å². The minimum absolute atomic E-state index is 0.362. The summed E-state index contributed by atoms with van der Waals surface area (Å²) in [7, 11) is 1.29. The van der Waals surface area contributed by atoms with E-state index in [1.54, 1.807) is 6.07 Å². The molecular weight excluding hydrogens is 292 g/mol. The molecule has 1 aromatic heterocycles. The summed E-state index contributed by atoms with van der Waals surface area (Å²) in [6.07, 6.45) is 8.31. The number of ether oxygens (including phenoxy) is 1. The van der Waals surface area contributed by atoms with Crippen LogP contribution in [0.1, 0.15) is 29.6 Å². The summed E-state index contributed by atoms with van der Waals surface area (Å²) in [5, 5.41) is 3.55. The van der Waals surface area contributed by atoms with Crippen molar-refractivity contribution < 1.29 is 14.3 Å². The summed E-state index contributed by atoms with van der Waals surface area (Å²) < 4.78 is 4.73. The van der Waals surface area contributed by atoms with Gasteiger partial charge in [-0.15, -0.1) is 12.3 Å². The third kappa shape index (κ3) is 4.30. The van der Waals surface area contributed by atoms with E-state index in [9.17, 15) is 9.59 Å². The second kappa shape index (κ2) is 7.95. The number of esters is 1. The van der Waals surface area contributed by atoms with E-state index in [0.717, 1.165) is 10.9 Å². The Morgan fingerprint density at radius 2 is 2.17 bits per heavy atom. The molecule has 0 saturated heterocycles. The van der Waals surface area contributed by atoms with Gasteiger partial charge in [0.25, 0.3) is 5.91 Å². The Hall–Kier alpha value is -2.87. The van der Waals surface area contributed by atoms with Crippen molar-refractivity contribution in [2.75, 3.05) is 7.11 Å². The molecule has 0 saturated carbocycles. The van der Waals surface area contributed by atoms with Crippen LogP contribution >= 0.6 is 0 Å². The highest BCUT2D eigenvalue weighted by molar-refractivity contribution is 5.99. The van der Waals surface area contributed by atoms with Gasteiger partial charge in [0.15, 0.2) is 0 Å². The first kappa shape index (κ1) is 16.5. The molecule has 1 atom stereocenters. The second-order valence-electron chi connectivity index (χ2n) is 5.06. The zero-order valence-electron chi connectivity index (χ0n) is 12.9. The van der Waals surface area contributed by atoms with Crippen LogP contribution in [-0.4, -0.2) is 30.0 Å². The molecule has 1 amide bonds. The molecule has 0 aliphatic heterocycles. The van der Waals surface area contributed by atoms with Gasteiger partial charge >= 0.3 is 5.97 Å². The molecule has 0 bridgehead atoms. The molecule has 0 radical (unpaired) electrons. The first-order chi connectivity index (χ1) is 11.2. The first-order valence-corrected chi connectivity index (χ1v) is 7.32. The minimum atomic E-state index is -0.715. The van der Waals surface area contributed by atoms with Crippen molar-refractivity contribution in [3.63, 3.8) is 0 Å². The fraction of sp³-hybridized carbons (Fsp3) is 0.278. The summed E-state index contributed by atoms with van der Waals surface area (Å²) in [6, 6.07) is 8.54. The SMILES string of the molecule is C#CCCC[C@@H](NC(=O)c1cnc2ccccc2c1)C(=O)OC. The van der Waals surface area contributed by atoms with Gasteiger partial charge in [-0.25, -0.2) is 4.79 Å². The third-order valence-electron chi connectivity index (χ3n) is 3.46. The molecule has 0 fully saturated rings. The molecule has 23 heavy (non-hydrogen) atoms. The molecule has 5 nitrogen and oxygen atoms in total. The van der Waals surface area contributed by atoms with Crippen LogP contribution in [0.5, 0.6) is 0 Å². The topological polar surface area (TPSA) is 68.3 Å². The highest BCUT2D eigenvalue weighted by Crippen LogP contribution is 2.13. The lowest BCUT2D eigenvalue weighted by Crippen LogP contribution is -2.41. The number of rotatable bonds is 6. The van der Waals surface area contributed by atoms with Gasteiger partial charge in [0.2, 0.25) is 0 Å². The van der Waals surface area contributed by atoms with Gasteiger partial charge in [-0.1, -0.05) is 18.2 Å². The van der Waals surface area contributed by atoms with Crippen molar-refractivity contribution in [1.82, 2.24) is 10.3 Å². The highest BCUT2D eigenvalue weighted by atomic mass is 16.5. The van der Waals surface area contributed by atoms with E-state index in [-0.39, 0.29) is 5.91 Å². The summed E-state index contributed by atoms with van der Waals surface area (Å²) in [5.74, 6) is 1.67. The van der Waals surface area contributed by atoms with Crippen LogP contribution < -0.4 is 5.32 Å². The minimum Gasteiger partial charge on any atom is -0.467 e. The number of para-hydroxylation sites is 1. The fourth-order valence-corrected chi connectivity index (χ4v) is 2.24. The van der Waals surface area contributed by atoms with Crippen LogP contribution in [0.25, 0.3) is 10.9 Å². The molecule has 1 aromatic carbocycles. The number of benzene rings is 1. The maximum Gasteiger partial charge on any atom is 0.328 e. The van der Waals surface area contributed by atoms with E-state index < -0.39 is 12.0 Å². The van der Waals surface area contributed by atoms with Crippen LogP contribution in [0, 0.1) is 12.3 Å². The number of amides is 1. The molecule has 0 aliphatic rings. The molecular formula is C18H18N2O3. The van der Waals surface area contributed by atoms with E-state index in [2.05, 4.69) is 16.2 Å². The van der Waals surface area contributed by atoms with Gasteiger partial charge in [-0.3, -0.25) is 9.78 Å². The molecule has 0 unspecified atom stereocenters. The smallest absolute Gasteiger partial charge is 0.328 e. The summed E-state index contributed by atoms with van der Waals surface area (Å²) >= 11 is 0. The van der Waals surface area contributed by atoms with Gasteiger partial charge in [-0.2, -0.15) is 0 Å². The predicted molar refractivity (Wildman–Crippen MR) is 87.7 cm³/mol. The zero-order valence-corrected chi connectivity index (χ0v) is 12.9. The standard InChI is InChI=1S/C18H18N2O3/c1-3-4-5-10-16(18(22)23-2)20-17(21)14-11-13-8-6-7-9-15(13)19-12-14/h1,6-9,11-12,16H,4-5,10H2,2H3,(H,20,21)/t16-/m1/s1. The quantitative estimate of drug-likeness (QED) is 0.505. The Bertz CT molecular complexity index is 749. The maximum atomic E-state index is 12.4. The first-order valence-electron chi connectivity index (χ1n) is 7.32.